The van der Waals surface area contributed by atoms with E-state index >= 15 is 0 Å². The molecule has 0 radical (unpaired) electrons. The van der Waals surface area contributed by atoms with Crippen molar-refractivity contribution in [2.75, 3.05) is 30.8 Å². The van der Waals surface area contributed by atoms with Crippen LogP contribution in [0.4, 0.5) is 5.69 Å². The summed E-state index contributed by atoms with van der Waals surface area (Å²) in [7, 11) is -2.20. The van der Waals surface area contributed by atoms with Gasteiger partial charge in [-0.15, -0.1) is 0 Å². The van der Waals surface area contributed by atoms with Crippen molar-refractivity contribution in [3.05, 3.63) is 59.2 Å². The molecule has 2 aromatic rings. The van der Waals surface area contributed by atoms with Crippen molar-refractivity contribution >= 4 is 27.5 Å². The topological polar surface area (TPSA) is 96.0 Å². The van der Waals surface area contributed by atoms with Crippen LogP contribution in [0.1, 0.15) is 43.4 Å². The summed E-state index contributed by atoms with van der Waals surface area (Å²) >= 11 is 0. The van der Waals surface area contributed by atoms with Crippen LogP contribution in [0, 0.1) is 13.8 Å². The predicted octanol–water partition coefficient (Wildman–Crippen LogP) is 3.41. The zero-order valence-corrected chi connectivity index (χ0v) is 22.3. The minimum absolute atomic E-state index is 0.158. The van der Waals surface area contributed by atoms with Crippen LogP contribution in [0.25, 0.3) is 0 Å². The Balaban J connectivity index is 2.47. The van der Waals surface area contributed by atoms with Crippen molar-refractivity contribution in [2.45, 2.75) is 53.1 Å². The molecule has 1 atom stereocenters. The quantitative estimate of drug-likeness (QED) is 0.479. The van der Waals surface area contributed by atoms with E-state index in [1.807, 2.05) is 58.0 Å². The maximum absolute atomic E-state index is 13.7. The monoisotopic (exact) mass is 503 g/mol. The van der Waals surface area contributed by atoms with E-state index in [-0.39, 0.29) is 12.5 Å². The number of ether oxygens (including phenoxy) is 1. The lowest BCUT2D eigenvalue weighted by atomic mass is 10.1. The summed E-state index contributed by atoms with van der Waals surface area (Å²) in [5, 5.41) is 2.87. The highest BCUT2D eigenvalue weighted by Gasteiger charge is 2.32. The third-order valence-corrected chi connectivity index (χ3v) is 6.93. The van der Waals surface area contributed by atoms with Gasteiger partial charge in [0.2, 0.25) is 21.8 Å². The molecule has 2 aromatic carbocycles. The highest BCUT2D eigenvalue weighted by molar-refractivity contribution is 7.92. The highest BCUT2D eigenvalue weighted by Crippen LogP contribution is 2.27. The number of nitrogens with zero attached hydrogens (tertiary/aromatic N) is 2. The van der Waals surface area contributed by atoms with Gasteiger partial charge in [0.1, 0.15) is 18.3 Å². The molecule has 0 fully saturated rings. The van der Waals surface area contributed by atoms with E-state index in [2.05, 4.69) is 5.32 Å². The first kappa shape index (κ1) is 28.2. The Bertz CT molecular complexity index is 1100. The molecule has 2 rings (SSSR count). The van der Waals surface area contributed by atoms with Gasteiger partial charge >= 0.3 is 0 Å². The van der Waals surface area contributed by atoms with Crippen LogP contribution >= 0.6 is 0 Å². The largest absolute Gasteiger partial charge is 0.497 e. The summed E-state index contributed by atoms with van der Waals surface area (Å²) in [6.07, 6.45) is 2.24. The van der Waals surface area contributed by atoms with E-state index in [1.165, 1.54) is 4.90 Å². The van der Waals surface area contributed by atoms with Crippen LogP contribution in [0.3, 0.4) is 0 Å². The molecule has 0 saturated carbocycles. The van der Waals surface area contributed by atoms with E-state index in [4.69, 9.17) is 4.74 Å². The first-order valence-electron chi connectivity index (χ1n) is 11.8. The van der Waals surface area contributed by atoms with Gasteiger partial charge in [0.15, 0.2) is 0 Å². The zero-order chi connectivity index (χ0) is 26.2. The van der Waals surface area contributed by atoms with E-state index < -0.39 is 28.5 Å². The van der Waals surface area contributed by atoms with Gasteiger partial charge in [0, 0.05) is 13.1 Å². The molecular formula is C26H37N3O5S. The summed E-state index contributed by atoms with van der Waals surface area (Å²) < 4.78 is 32.0. The van der Waals surface area contributed by atoms with Crippen LogP contribution in [-0.2, 0) is 26.2 Å². The molecule has 0 aliphatic heterocycles. The summed E-state index contributed by atoms with van der Waals surface area (Å²) in [5.74, 6) is -0.0285. The number of benzene rings is 2. The fraction of sp³-hybridized carbons (Fsp3) is 0.462. The number of anilines is 1. The summed E-state index contributed by atoms with van der Waals surface area (Å²) in [6, 6.07) is 12.0. The SMILES string of the molecule is CCCNC(=O)C(CC)N(Cc1ccc(OC)cc1)C(=O)CN(c1c(C)cccc1C)S(C)(=O)=O. The number of hydrogen-bond donors (Lipinski definition) is 1. The lowest BCUT2D eigenvalue weighted by Gasteiger charge is -2.33. The average Bonchev–Trinajstić information content (AvgIpc) is 2.81. The Kier molecular flexibility index (Phi) is 10.1. The molecule has 8 nitrogen and oxygen atoms in total. The second-order valence-electron chi connectivity index (χ2n) is 8.59. The maximum Gasteiger partial charge on any atom is 0.244 e. The fourth-order valence-corrected chi connectivity index (χ4v) is 4.95. The molecule has 2 amide bonds. The summed E-state index contributed by atoms with van der Waals surface area (Å²) in [6.45, 7) is 7.67. The number of rotatable bonds is 12. The minimum Gasteiger partial charge on any atom is -0.497 e. The number of carbonyl (C=O) groups excluding carboxylic acids is 2. The minimum atomic E-state index is -3.77. The number of methoxy groups -OCH3 is 1. The van der Waals surface area contributed by atoms with Gasteiger partial charge in [-0.25, -0.2) is 8.42 Å². The zero-order valence-electron chi connectivity index (χ0n) is 21.5. The van der Waals surface area contributed by atoms with E-state index in [9.17, 15) is 18.0 Å². The van der Waals surface area contributed by atoms with Gasteiger partial charge in [0.05, 0.1) is 19.1 Å². The summed E-state index contributed by atoms with van der Waals surface area (Å²) in [5.41, 5.74) is 2.78. The third-order valence-electron chi connectivity index (χ3n) is 5.82. The predicted molar refractivity (Wildman–Crippen MR) is 139 cm³/mol. The number of nitrogens with one attached hydrogen (secondary N) is 1. The van der Waals surface area contributed by atoms with Gasteiger partial charge in [-0.3, -0.25) is 13.9 Å². The van der Waals surface area contributed by atoms with Crippen molar-refractivity contribution in [3.63, 3.8) is 0 Å². The molecule has 0 aliphatic carbocycles. The molecule has 0 aromatic heterocycles. The van der Waals surface area contributed by atoms with Crippen molar-refractivity contribution in [1.82, 2.24) is 10.2 Å². The smallest absolute Gasteiger partial charge is 0.244 e. The van der Waals surface area contributed by atoms with Crippen molar-refractivity contribution in [2.24, 2.45) is 0 Å². The average molecular weight is 504 g/mol. The fourth-order valence-electron chi connectivity index (χ4n) is 3.99. The first-order chi connectivity index (χ1) is 16.5. The molecule has 0 aliphatic rings. The number of amides is 2. The molecule has 1 N–H and O–H groups in total. The molecule has 35 heavy (non-hydrogen) atoms. The Morgan fingerprint density at radius 1 is 1.03 bits per heavy atom. The number of para-hydroxylation sites is 1. The molecule has 0 heterocycles. The lowest BCUT2D eigenvalue weighted by Crippen LogP contribution is -2.52. The number of carbonyl (C=O) groups is 2. The van der Waals surface area contributed by atoms with Gasteiger partial charge in [-0.1, -0.05) is 44.2 Å². The van der Waals surface area contributed by atoms with Gasteiger partial charge in [-0.2, -0.15) is 0 Å². The molecular weight excluding hydrogens is 466 g/mol. The highest BCUT2D eigenvalue weighted by atomic mass is 32.2. The molecule has 0 spiro atoms. The molecule has 192 valence electrons. The maximum atomic E-state index is 13.7. The second kappa shape index (κ2) is 12.6. The lowest BCUT2D eigenvalue weighted by molar-refractivity contribution is -0.140. The molecule has 1 unspecified atom stereocenters. The second-order valence-corrected chi connectivity index (χ2v) is 10.5. The molecule has 0 bridgehead atoms. The first-order valence-corrected chi connectivity index (χ1v) is 13.6. The number of sulfonamides is 1. The normalized spacial score (nSPS) is 12.1. The van der Waals surface area contributed by atoms with Gasteiger partial charge < -0.3 is 15.0 Å². The van der Waals surface area contributed by atoms with Crippen molar-refractivity contribution < 1.29 is 22.7 Å². The molecule has 9 heteroatoms. The van der Waals surface area contributed by atoms with Gasteiger partial charge in [0.25, 0.3) is 0 Å². The van der Waals surface area contributed by atoms with Crippen molar-refractivity contribution in [3.8, 4) is 5.75 Å². The van der Waals surface area contributed by atoms with Crippen LogP contribution in [0.15, 0.2) is 42.5 Å². The van der Waals surface area contributed by atoms with Crippen LogP contribution in [-0.4, -0.2) is 57.6 Å². The Morgan fingerprint density at radius 3 is 2.11 bits per heavy atom. The van der Waals surface area contributed by atoms with Crippen LogP contribution in [0.5, 0.6) is 5.75 Å². The van der Waals surface area contributed by atoms with Crippen molar-refractivity contribution in [1.29, 1.82) is 0 Å². The Labute approximate surface area is 209 Å². The van der Waals surface area contributed by atoms with E-state index in [1.54, 1.807) is 19.2 Å². The molecule has 0 saturated heterocycles. The summed E-state index contributed by atoms with van der Waals surface area (Å²) in [4.78, 5) is 28.2. The standard InChI is InChI=1S/C26H37N3O5S/c1-7-16-27-26(31)23(8-2)28(17-21-12-14-22(34-5)15-13-21)24(30)18-29(35(6,32)33)25-19(3)10-9-11-20(25)4/h9-15,23H,7-8,16-18H2,1-6H3,(H,27,31). The third kappa shape index (κ3) is 7.45. The van der Waals surface area contributed by atoms with Crippen LogP contribution in [0.2, 0.25) is 0 Å². The van der Waals surface area contributed by atoms with E-state index in [0.717, 1.165) is 33.7 Å². The van der Waals surface area contributed by atoms with Gasteiger partial charge in [-0.05, 0) is 55.5 Å². The van der Waals surface area contributed by atoms with Crippen LogP contribution < -0.4 is 14.4 Å². The number of hydrogen-bond acceptors (Lipinski definition) is 5. The Morgan fingerprint density at radius 2 is 1.63 bits per heavy atom. The Hall–Kier alpha value is -3.07. The van der Waals surface area contributed by atoms with E-state index in [0.29, 0.717) is 24.4 Å². The number of aryl methyl sites for hydroxylation is 2.